The Balaban J connectivity index is 1.74. The summed E-state index contributed by atoms with van der Waals surface area (Å²) in [5.74, 6) is 0.224. The van der Waals surface area contributed by atoms with Crippen molar-refractivity contribution in [3.8, 4) is 0 Å². The first kappa shape index (κ1) is 12.9. The minimum absolute atomic E-state index is 0.0845. The molecule has 0 spiro atoms. The fourth-order valence-electron chi connectivity index (χ4n) is 2.34. The summed E-state index contributed by atoms with van der Waals surface area (Å²) in [5.41, 5.74) is 1.57. The van der Waals surface area contributed by atoms with E-state index in [1.165, 1.54) is 12.8 Å². The molecule has 3 rings (SSSR count). The smallest absolute Gasteiger partial charge is 0.226 e. The molecule has 2 aromatic rings. The minimum atomic E-state index is 0.0845. The molecule has 106 valence electrons. The first-order chi connectivity index (χ1) is 9.56. The fraction of sp³-hybridized carbons (Fsp3) is 0.500. The van der Waals surface area contributed by atoms with Gasteiger partial charge < -0.3 is 13.7 Å². The van der Waals surface area contributed by atoms with Gasteiger partial charge in [0.1, 0.15) is 12.5 Å². The van der Waals surface area contributed by atoms with Gasteiger partial charge in [-0.2, -0.15) is 0 Å². The summed E-state index contributed by atoms with van der Waals surface area (Å²) >= 11 is 0. The van der Waals surface area contributed by atoms with Crippen LogP contribution in [0.15, 0.2) is 34.1 Å². The minimum Gasteiger partial charge on any atom is -0.451 e. The van der Waals surface area contributed by atoms with Crippen molar-refractivity contribution in [2.24, 2.45) is 11.3 Å². The molecule has 0 radical (unpaired) electrons. The van der Waals surface area contributed by atoms with Crippen LogP contribution in [0.4, 0.5) is 0 Å². The molecule has 0 aliphatic heterocycles. The van der Waals surface area contributed by atoms with E-state index in [0.29, 0.717) is 13.1 Å². The SMILES string of the molecule is CC1(C)C[C@@H]1C(=O)N(Cc1cocn1)Cc1cocn1. The largest absolute Gasteiger partial charge is 0.451 e. The molecule has 2 aromatic heterocycles. The zero-order valence-electron chi connectivity index (χ0n) is 11.6. The average molecular weight is 275 g/mol. The lowest BCUT2D eigenvalue weighted by Gasteiger charge is -2.21. The Morgan fingerprint density at radius 2 is 1.75 bits per heavy atom. The van der Waals surface area contributed by atoms with Crippen LogP contribution >= 0.6 is 0 Å². The second kappa shape index (κ2) is 4.77. The van der Waals surface area contributed by atoms with E-state index in [-0.39, 0.29) is 17.2 Å². The van der Waals surface area contributed by atoms with Crippen molar-refractivity contribution in [3.63, 3.8) is 0 Å². The first-order valence-corrected chi connectivity index (χ1v) is 6.59. The zero-order chi connectivity index (χ0) is 14.2. The van der Waals surface area contributed by atoms with Crippen molar-refractivity contribution in [2.75, 3.05) is 0 Å². The van der Waals surface area contributed by atoms with Crippen LogP contribution in [0.2, 0.25) is 0 Å². The van der Waals surface area contributed by atoms with Crippen molar-refractivity contribution in [3.05, 3.63) is 36.7 Å². The molecule has 6 heteroatoms. The molecule has 0 N–H and O–H groups in total. The Labute approximate surface area is 116 Å². The van der Waals surface area contributed by atoms with Gasteiger partial charge in [0.25, 0.3) is 0 Å². The maximum Gasteiger partial charge on any atom is 0.226 e. The van der Waals surface area contributed by atoms with Gasteiger partial charge in [0.2, 0.25) is 5.91 Å². The van der Waals surface area contributed by atoms with Crippen molar-refractivity contribution in [1.82, 2.24) is 14.9 Å². The van der Waals surface area contributed by atoms with E-state index in [9.17, 15) is 4.79 Å². The van der Waals surface area contributed by atoms with E-state index in [2.05, 4.69) is 23.8 Å². The molecular weight excluding hydrogens is 258 g/mol. The predicted octanol–water partition coefficient (Wildman–Crippen LogP) is 2.24. The Hall–Kier alpha value is -2.11. The molecule has 20 heavy (non-hydrogen) atoms. The second-order valence-electron chi connectivity index (χ2n) is 5.90. The highest BCUT2D eigenvalue weighted by Gasteiger charge is 2.52. The van der Waals surface area contributed by atoms with Gasteiger partial charge in [0.15, 0.2) is 12.8 Å². The highest BCUT2D eigenvalue weighted by atomic mass is 16.3. The third kappa shape index (κ3) is 2.59. The van der Waals surface area contributed by atoms with Crippen LogP contribution in [0, 0.1) is 11.3 Å². The van der Waals surface area contributed by atoms with Crippen LogP contribution in [0.25, 0.3) is 0 Å². The Kier molecular flexibility index (Phi) is 3.08. The third-order valence-corrected chi connectivity index (χ3v) is 3.80. The molecule has 0 bridgehead atoms. The summed E-state index contributed by atoms with van der Waals surface area (Å²) in [6.45, 7) is 5.07. The molecule has 0 aromatic carbocycles. The number of hydrogen-bond donors (Lipinski definition) is 0. The standard InChI is InChI=1S/C14H17N3O3/c1-14(2)3-12(14)13(18)17(4-10-6-19-8-15-10)5-11-7-20-9-16-11/h6-9,12H,3-5H2,1-2H3/t12-/m1/s1. The molecule has 1 aliphatic carbocycles. The highest BCUT2D eigenvalue weighted by Crippen LogP contribution is 2.52. The van der Waals surface area contributed by atoms with Gasteiger partial charge in [-0.25, -0.2) is 9.97 Å². The molecule has 2 heterocycles. The van der Waals surface area contributed by atoms with Crippen LogP contribution in [0.5, 0.6) is 0 Å². The number of hydrogen-bond acceptors (Lipinski definition) is 5. The summed E-state index contributed by atoms with van der Waals surface area (Å²) in [7, 11) is 0. The number of carbonyl (C=O) groups excluding carboxylic acids is 1. The second-order valence-corrected chi connectivity index (χ2v) is 5.90. The van der Waals surface area contributed by atoms with E-state index in [4.69, 9.17) is 8.83 Å². The van der Waals surface area contributed by atoms with Crippen molar-refractivity contribution >= 4 is 5.91 Å². The summed E-state index contributed by atoms with van der Waals surface area (Å²) in [6, 6.07) is 0. The van der Waals surface area contributed by atoms with Crippen LogP contribution < -0.4 is 0 Å². The topological polar surface area (TPSA) is 72.4 Å². The monoisotopic (exact) mass is 275 g/mol. The number of nitrogens with zero attached hydrogens (tertiary/aromatic N) is 3. The van der Waals surface area contributed by atoms with E-state index in [0.717, 1.165) is 17.8 Å². The average Bonchev–Trinajstić information content (AvgIpc) is 2.88. The molecular formula is C14H17N3O3. The molecule has 0 saturated heterocycles. The Morgan fingerprint density at radius 1 is 1.25 bits per heavy atom. The van der Waals surface area contributed by atoms with Crippen molar-refractivity contribution in [2.45, 2.75) is 33.4 Å². The lowest BCUT2D eigenvalue weighted by Crippen LogP contribution is -2.32. The Morgan fingerprint density at radius 3 is 2.10 bits per heavy atom. The molecule has 1 atom stereocenters. The van der Waals surface area contributed by atoms with E-state index in [1.807, 2.05) is 0 Å². The lowest BCUT2D eigenvalue weighted by molar-refractivity contribution is -0.134. The van der Waals surface area contributed by atoms with Gasteiger partial charge in [-0.15, -0.1) is 0 Å². The normalized spacial score (nSPS) is 19.8. The van der Waals surface area contributed by atoms with Gasteiger partial charge in [0.05, 0.1) is 24.5 Å². The molecule has 0 unspecified atom stereocenters. The van der Waals surface area contributed by atoms with Gasteiger partial charge in [-0.3, -0.25) is 4.79 Å². The van der Waals surface area contributed by atoms with E-state index < -0.39 is 0 Å². The van der Waals surface area contributed by atoms with Crippen LogP contribution in [-0.4, -0.2) is 20.8 Å². The van der Waals surface area contributed by atoms with Gasteiger partial charge >= 0.3 is 0 Å². The molecule has 1 aliphatic rings. The lowest BCUT2D eigenvalue weighted by atomic mass is 10.1. The van der Waals surface area contributed by atoms with Gasteiger partial charge in [0, 0.05) is 5.92 Å². The number of carbonyl (C=O) groups is 1. The van der Waals surface area contributed by atoms with Crippen molar-refractivity contribution in [1.29, 1.82) is 0 Å². The van der Waals surface area contributed by atoms with E-state index >= 15 is 0 Å². The molecule has 1 saturated carbocycles. The first-order valence-electron chi connectivity index (χ1n) is 6.59. The summed E-state index contributed by atoms with van der Waals surface area (Å²) in [4.78, 5) is 22.5. The zero-order valence-corrected chi connectivity index (χ0v) is 11.6. The fourth-order valence-corrected chi connectivity index (χ4v) is 2.34. The predicted molar refractivity (Wildman–Crippen MR) is 69.1 cm³/mol. The van der Waals surface area contributed by atoms with Gasteiger partial charge in [-0.05, 0) is 11.8 Å². The third-order valence-electron chi connectivity index (χ3n) is 3.80. The number of oxazole rings is 2. The van der Waals surface area contributed by atoms with Gasteiger partial charge in [-0.1, -0.05) is 13.8 Å². The van der Waals surface area contributed by atoms with Crippen LogP contribution in [0.3, 0.4) is 0 Å². The molecule has 1 amide bonds. The molecule has 1 fully saturated rings. The maximum atomic E-state index is 12.6. The summed E-state index contributed by atoms with van der Waals surface area (Å²) < 4.78 is 9.93. The highest BCUT2D eigenvalue weighted by molar-refractivity contribution is 5.82. The van der Waals surface area contributed by atoms with Crippen LogP contribution in [-0.2, 0) is 17.9 Å². The van der Waals surface area contributed by atoms with E-state index in [1.54, 1.807) is 17.4 Å². The Bertz CT molecular complexity index is 539. The number of aromatic nitrogens is 2. The number of amides is 1. The maximum absolute atomic E-state index is 12.6. The number of rotatable bonds is 5. The molecule has 6 nitrogen and oxygen atoms in total. The summed E-state index contributed by atoms with van der Waals surface area (Å²) in [6.07, 6.45) is 6.78. The quantitative estimate of drug-likeness (QED) is 0.836. The van der Waals surface area contributed by atoms with Crippen LogP contribution in [0.1, 0.15) is 31.7 Å². The summed E-state index contributed by atoms with van der Waals surface area (Å²) in [5, 5.41) is 0. The van der Waals surface area contributed by atoms with Crippen molar-refractivity contribution < 1.29 is 13.6 Å².